The zero-order valence-corrected chi connectivity index (χ0v) is 19.7. The van der Waals surface area contributed by atoms with Gasteiger partial charge in [-0.05, 0) is 56.4 Å². The molecule has 10 nitrogen and oxygen atoms in total. The van der Waals surface area contributed by atoms with Crippen molar-refractivity contribution in [1.82, 2.24) is 19.9 Å². The van der Waals surface area contributed by atoms with Crippen molar-refractivity contribution in [3.63, 3.8) is 0 Å². The molecule has 36 heavy (non-hydrogen) atoms. The molecule has 2 saturated heterocycles. The Morgan fingerprint density at radius 1 is 1.17 bits per heavy atom. The van der Waals surface area contributed by atoms with E-state index in [1.165, 1.54) is 12.3 Å². The second-order valence-corrected chi connectivity index (χ2v) is 9.87. The lowest BCUT2D eigenvalue weighted by molar-refractivity contribution is -0.167. The summed E-state index contributed by atoms with van der Waals surface area (Å²) in [4.78, 5) is 36.6. The monoisotopic (exact) mass is 486 g/mol. The fraction of sp³-hybridized carbons (Fsp3) is 0.423. The Bertz CT molecular complexity index is 1430. The molecule has 0 unspecified atom stereocenters. The third kappa shape index (κ3) is 4.10. The van der Waals surface area contributed by atoms with E-state index in [4.69, 9.17) is 16.0 Å². The molecule has 1 amide bonds. The maximum atomic E-state index is 12.7. The quantitative estimate of drug-likeness (QED) is 0.515. The van der Waals surface area contributed by atoms with Crippen molar-refractivity contribution >= 4 is 28.4 Å². The molecule has 0 spiro atoms. The Labute approximate surface area is 207 Å². The van der Waals surface area contributed by atoms with Crippen LogP contribution in [-0.4, -0.2) is 44.8 Å². The molecule has 1 aliphatic carbocycles. The van der Waals surface area contributed by atoms with Crippen molar-refractivity contribution < 1.29 is 14.3 Å². The number of carbonyl (C=O) groups is 1. The Morgan fingerprint density at radius 2 is 2.03 bits per heavy atom. The van der Waals surface area contributed by atoms with Crippen LogP contribution in [0.1, 0.15) is 37.8 Å². The van der Waals surface area contributed by atoms with Crippen molar-refractivity contribution in [1.29, 1.82) is 0 Å². The van der Waals surface area contributed by atoms with Gasteiger partial charge in [-0.2, -0.15) is 0 Å². The maximum absolute atomic E-state index is 12.7. The van der Waals surface area contributed by atoms with Crippen molar-refractivity contribution in [3.8, 4) is 5.75 Å². The standard InChI is InChI=1S/C26H26N6O4/c1-27-18-12-20-19(28-13-18)3-5-23(34)32(20)11-10-26-8-6-25(7-9-26,16-36-26)29-14-17-2-4-21-24(30-17)31-22(33)15-35-21/h2-5,12-13,29H,6-11,14-16H2,(H,30,31,33). The average molecular weight is 487 g/mol. The van der Waals surface area contributed by atoms with E-state index >= 15 is 0 Å². The summed E-state index contributed by atoms with van der Waals surface area (Å²) in [6, 6.07) is 8.72. The summed E-state index contributed by atoms with van der Waals surface area (Å²) >= 11 is 0. The minimum atomic E-state index is -0.248. The third-order valence-corrected chi connectivity index (χ3v) is 7.69. The van der Waals surface area contributed by atoms with Crippen LogP contribution in [0.15, 0.2) is 41.3 Å². The number of hydrogen-bond acceptors (Lipinski definition) is 7. The van der Waals surface area contributed by atoms with Gasteiger partial charge < -0.3 is 24.7 Å². The first kappa shape index (κ1) is 22.6. The minimum Gasteiger partial charge on any atom is -0.480 e. The number of anilines is 1. The minimum absolute atomic E-state index is 0.0164. The van der Waals surface area contributed by atoms with Crippen LogP contribution in [0.25, 0.3) is 15.9 Å². The molecule has 4 aliphatic rings. The van der Waals surface area contributed by atoms with Crippen LogP contribution in [0.5, 0.6) is 5.75 Å². The second-order valence-electron chi connectivity index (χ2n) is 9.87. The van der Waals surface area contributed by atoms with Gasteiger partial charge in [0.15, 0.2) is 18.2 Å². The normalized spacial score (nSPS) is 24.6. The van der Waals surface area contributed by atoms with Gasteiger partial charge in [-0.3, -0.25) is 14.6 Å². The Morgan fingerprint density at radius 3 is 2.81 bits per heavy atom. The molecule has 0 aromatic carbocycles. The van der Waals surface area contributed by atoms with Crippen LogP contribution in [0.3, 0.4) is 0 Å². The van der Waals surface area contributed by atoms with E-state index in [1.807, 2.05) is 12.1 Å². The van der Waals surface area contributed by atoms with Gasteiger partial charge in [0.2, 0.25) is 5.69 Å². The van der Waals surface area contributed by atoms with E-state index in [-0.39, 0.29) is 29.2 Å². The summed E-state index contributed by atoms with van der Waals surface area (Å²) in [5.41, 5.74) is 2.20. The molecule has 2 bridgehead atoms. The number of pyridine rings is 3. The molecule has 10 heteroatoms. The number of hydrogen-bond donors (Lipinski definition) is 2. The third-order valence-electron chi connectivity index (χ3n) is 7.69. The molecule has 2 N–H and O–H groups in total. The molecule has 3 aromatic rings. The van der Waals surface area contributed by atoms with Crippen LogP contribution >= 0.6 is 0 Å². The molecule has 3 fully saturated rings. The number of ether oxygens (including phenoxy) is 2. The summed E-state index contributed by atoms with van der Waals surface area (Å²) in [6.07, 6.45) is 6.04. The fourth-order valence-corrected chi connectivity index (χ4v) is 5.46. The van der Waals surface area contributed by atoms with Crippen LogP contribution in [0.4, 0.5) is 11.5 Å². The average Bonchev–Trinajstić information content (AvgIpc) is 2.92. The first-order valence-electron chi connectivity index (χ1n) is 12.2. The largest absolute Gasteiger partial charge is 0.480 e. The second kappa shape index (κ2) is 8.69. The number of rotatable bonds is 6. The summed E-state index contributed by atoms with van der Waals surface area (Å²) < 4.78 is 13.5. The smallest absolute Gasteiger partial charge is 0.263 e. The zero-order valence-electron chi connectivity index (χ0n) is 19.7. The Hall–Kier alpha value is -3.81. The van der Waals surface area contributed by atoms with Gasteiger partial charge in [0.25, 0.3) is 11.5 Å². The molecule has 6 heterocycles. The summed E-state index contributed by atoms with van der Waals surface area (Å²) in [7, 11) is 0. The number of fused-ring (bicyclic) bond motifs is 5. The number of amides is 1. The topological polar surface area (TPSA) is 112 Å². The molecule has 7 rings (SSSR count). The first-order valence-corrected chi connectivity index (χ1v) is 12.2. The molecule has 0 radical (unpaired) electrons. The van der Waals surface area contributed by atoms with Crippen molar-refractivity contribution in [3.05, 3.63) is 64.0 Å². The van der Waals surface area contributed by atoms with Crippen molar-refractivity contribution in [2.24, 2.45) is 0 Å². The van der Waals surface area contributed by atoms with E-state index in [0.717, 1.165) is 37.8 Å². The van der Waals surface area contributed by atoms with E-state index in [2.05, 4.69) is 25.4 Å². The molecule has 3 aliphatic heterocycles. The number of nitrogens with one attached hydrogen (secondary N) is 2. The van der Waals surface area contributed by atoms with Gasteiger partial charge in [0.05, 0.1) is 35.5 Å². The SMILES string of the molecule is [C-]#[N+]c1cnc2ccc(=O)n(CCC34CCC(NCc5ccc6c(n5)NC(=O)CO6)(CC3)CO4)c2c1. The zero-order chi connectivity index (χ0) is 24.8. The lowest BCUT2D eigenvalue weighted by Gasteiger charge is -2.53. The van der Waals surface area contributed by atoms with Crippen molar-refractivity contribution in [2.75, 3.05) is 18.5 Å². The lowest BCUT2D eigenvalue weighted by Crippen LogP contribution is -2.61. The van der Waals surface area contributed by atoms with Gasteiger partial charge in [0, 0.05) is 30.9 Å². The molecule has 0 atom stereocenters. The Kier molecular flexibility index (Phi) is 5.47. The Balaban J connectivity index is 1.11. The summed E-state index contributed by atoms with van der Waals surface area (Å²) in [5, 5.41) is 6.41. The van der Waals surface area contributed by atoms with Crippen LogP contribution < -0.4 is 20.9 Å². The number of carbonyl (C=O) groups excluding carboxylic acids is 1. The van der Waals surface area contributed by atoms with Gasteiger partial charge in [0.1, 0.15) is 0 Å². The van der Waals surface area contributed by atoms with Crippen LogP contribution in [-0.2, 0) is 22.6 Å². The summed E-state index contributed by atoms with van der Waals surface area (Å²) in [6.45, 7) is 8.98. The summed E-state index contributed by atoms with van der Waals surface area (Å²) in [5.74, 6) is 0.858. The highest BCUT2D eigenvalue weighted by Gasteiger charge is 2.49. The number of aryl methyl sites for hydroxylation is 1. The highest BCUT2D eigenvalue weighted by atomic mass is 16.5. The number of nitrogens with zero attached hydrogens (tertiary/aromatic N) is 4. The lowest BCUT2D eigenvalue weighted by atomic mass is 9.70. The predicted molar refractivity (Wildman–Crippen MR) is 132 cm³/mol. The molecular formula is C26H26N6O4. The fourth-order valence-electron chi connectivity index (χ4n) is 5.46. The first-order chi connectivity index (χ1) is 17.5. The van der Waals surface area contributed by atoms with Crippen LogP contribution in [0.2, 0.25) is 0 Å². The maximum Gasteiger partial charge on any atom is 0.263 e. The van der Waals surface area contributed by atoms with Gasteiger partial charge in [-0.15, -0.1) is 0 Å². The van der Waals surface area contributed by atoms with E-state index in [9.17, 15) is 9.59 Å². The van der Waals surface area contributed by atoms with E-state index in [1.54, 1.807) is 16.7 Å². The van der Waals surface area contributed by atoms with Crippen molar-refractivity contribution in [2.45, 2.75) is 56.3 Å². The molecule has 1 saturated carbocycles. The van der Waals surface area contributed by atoms with Gasteiger partial charge in [-0.1, -0.05) is 0 Å². The molecular weight excluding hydrogens is 460 g/mol. The van der Waals surface area contributed by atoms with Crippen LogP contribution in [0, 0.1) is 6.57 Å². The highest BCUT2D eigenvalue weighted by Crippen LogP contribution is 2.45. The number of aromatic nitrogens is 3. The van der Waals surface area contributed by atoms with Gasteiger partial charge >= 0.3 is 0 Å². The van der Waals surface area contributed by atoms with E-state index in [0.29, 0.717) is 48.0 Å². The van der Waals surface area contributed by atoms with Gasteiger partial charge in [-0.25, -0.2) is 9.83 Å². The molecule has 184 valence electrons. The highest BCUT2D eigenvalue weighted by molar-refractivity contribution is 5.94. The molecule has 3 aromatic heterocycles. The van der Waals surface area contributed by atoms with E-state index < -0.39 is 0 Å². The predicted octanol–water partition coefficient (Wildman–Crippen LogP) is 2.93.